The second-order valence-electron chi connectivity index (χ2n) is 5.28. The van der Waals surface area contributed by atoms with Gasteiger partial charge >= 0.3 is 0 Å². The molecule has 0 atom stereocenters. The van der Waals surface area contributed by atoms with Crippen LogP contribution in [0.5, 0.6) is 0 Å². The number of likely N-dealkylation sites (N-methyl/N-ethyl adjacent to an activating group) is 1. The molecule has 106 valence electrons. The molecule has 0 radical (unpaired) electrons. The number of rotatable bonds is 5. The zero-order chi connectivity index (χ0) is 13.8. The minimum absolute atomic E-state index is 1.01. The summed E-state index contributed by atoms with van der Waals surface area (Å²) in [5.74, 6) is 0. The van der Waals surface area contributed by atoms with Crippen molar-refractivity contribution in [2.45, 2.75) is 25.9 Å². The fourth-order valence-electron chi connectivity index (χ4n) is 2.62. The number of nitrogens with one attached hydrogen (secondary N) is 1. The van der Waals surface area contributed by atoms with E-state index in [0.717, 1.165) is 39.0 Å². The monoisotopic (exact) mass is 287 g/mol. The average Bonchev–Trinajstić information content (AvgIpc) is 2.88. The van der Waals surface area contributed by atoms with Crippen LogP contribution < -0.4 is 5.32 Å². The highest BCUT2D eigenvalue weighted by molar-refractivity contribution is 7.11. The normalized spacial score (nSPS) is 15.2. The molecule has 4 heteroatoms. The summed E-state index contributed by atoms with van der Waals surface area (Å²) < 4.78 is 0. The van der Waals surface area contributed by atoms with Crippen molar-refractivity contribution in [2.75, 3.05) is 20.1 Å². The predicted molar refractivity (Wildman–Crippen MR) is 84.0 cm³/mol. The van der Waals surface area contributed by atoms with E-state index in [-0.39, 0.29) is 0 Å². The van der Waals surface area contributed by atoms with Crippen molar-refractivity contribution < 1.29 is 0 Å². The molecule has 0 fully saturated rings. The Hall–Kier alpha value is -1.23. The summed E-state index contributed by atoms with van der Waals surface area (Å²) in [6.07, 6.45) is 2.14. The van der Waals surface area contributed by atoms with E-state index in [1.807, 2.05) is 18.4 Å². The molecule has 1 N–H and O–H groups in total. The molecule has 3 nitrogen and oxygen atoms in total. The number of hydrogen-bond donors (Lipinski definition) is 1. The van der Waals surface area contributed by atoms with E-state index in [0.29, 0.717) is 0 Å². The van der Waals surface area contributed by atoms with Gasteiger partial charge in [0.2, 0.25) is 0 Å². The van der Waals surface area contributed by atoms with Gasteiger partial charge < -0.3 is 5.32 Å². The van der Waals surface area contributed by atoms with Gasteiger partial charge in [0, 0.05) is 43.9 Å². The van der Waals surface area contributed by atoms with Gasteiger partial charge in [-0.25, -0.2) is 4.98 Å². The van der Waals surface area contributed by atoms with Gasteiger partial charge in [0.15, 0.2) is 0 Å². The highest BCUT2D eigenvalue weighted by atomic mass is 32.1. The molecule has 2 aromatic rings. The minimum atomic E-state index is 1.01. The maximum Gasteiger partial charge on any atom is 0.0944 e. The Morgan fingerprint density at radius 2 is 2.15 bits per heavy atom. The van der Waals surface area contributed by atoms with Gasteiger partial charge in [-0.2, -0.15) is 0 Å². The maximum absolute atomic E-state index is 4.78. The van der Waals surface area contributed by atoms with Crippen LogP contribution >= 0.6 is 11.3 Å². The maximum atomic E-state index is 4.78. The van der Waals surface area contributed by atoms with Gasteiger partial charge in [-0.15, -0.1) is 11.3 Å². The zero-order valence-electron chi connectivity index (χ0n) is 11.9. The molecule has 1 aliphatic rings. The van der Waals surface area contributed by atoms with Gasteiger partial charge in [-0.05, 0) is 12.6 Å². The largest absolute Gasteiger partial charge is 0.319 e. The lowest BCUT2D eigenvalue weighted by atomic mass is 10.1. The Kier molecular flexibility index (Phi) is 4.45. The van der Waals surface area contributed by atoms with Gasteiger partial charge in [-0.1, -0.05) is 30.3 Å². The van der Waals surface area contributed by atoms with Crippen LogP contribution in [-0.4, -0.2) is 30.0 Å². The van der Waals surface area contributed by atoms with Crippen LogP contribution in [0.4, 0.5) is 0 Å². The number of thiazole rings is 1. The number of nitrogens with zero attached hydrogens (tertiary/aromatic N) is 2. The second kappa shape index (κ2) is 6.48. The first-order valence-corrected chi connectivity index (χ1v) is 8.05. The Labute approximate surface area is 124 Å². The summed E-state index contributed by atoms with van der Waals surface area (Å²) in [5.41, 5.74) is 2.74. The van der Waals surface area contributed by atoms with Crippen molar-refractivity contribution in [3.8, 4) is 0 Å². The zero-order valence-corrected chi connectivity index (χ0v) is 12.7. The molecule has 1 aromatic carbocycles. The average molecular weight is 287 g/mol. The van der Waals surface area contributed by atoms with Crippen molar-refractivity contribution in [3.05, 3.63) is 51.5 Å². The molecule has 0 aliphatic carbocycles. The molecule has 0 amide bonds. The fourth-order valence-corrected chi connectivity index (χ4v) is 3.77. The van der Waals surface area contributed by atoms with Gasteiger partial charge in [0.05, 0.1) is 10.7 Å². The van der Waals surface area contributed by atoms with Gasteiger partial charge in [0.25, 0.3) is 0 Å². The minimum Gasteiger partial charge on any atom is -0.319 e. The first kappa shape index (κ1) is 13.7. The molecular formula is C16H21N3S. The van der Waals surface area contributed by atoms with Crippen molar-refractivity contribution in [1.82, 2.24) is 15.2 Å². The molecule has 3 rings (SSSR count). The Morgan fingerprint density at radius 3 is 2.95 bits per heavy atom. The third kappa shape index (κ3) is 3.26. The summed E-state index contributed by atoms with van der Waals surface area (Å²) >= 11 is 1.90. The van der Waals surface area contributed by atoms with Crippen LogP contribution in [0.15, 0.2) is 30.3 Å². The predicted octanol–water partition coefficient (Wildman–Crippen LogP) is 2.46. The van der Waals surface area contributed by atoms with E-state index in [1.54, 1.807) is 0 Å². The number of fused-ring (bicyclic) bond motifs is 1. The van der Waals surface area contributed by atoms with Gasteiger partial charge in [0.1, 0.15) is 0 Å². The van der Waals surface area contributed by atoms with Gasteiger partial charge in [-0.3, -0.25) is 4.90 Å². The molecule has 1 aliphatic heterocycles. The lowest BCUT2D eigenvalue weighted by Crippen LogP contribution is -2.29. The molecule has 0 unspecified atom stereocenters. The summed E-state index contributed by atoms with van der Waals surface area (Å²) in [4.78, 5) is 8.78. The SMILES string of the molecule is CNCCc1nc2c(s1)CN(Cc1ccccc1)CC2. The second-order valence-corrected chi connectivity index (χ2v) is 6.45. The molecule has 0 saturated carbocycles. The van der Waals surface area contributed by atoms with E-state index in [2.05, 4.69) is 40.5 Å². The van der Waals surface area contributed by atoms with Crippen LogP contribution in [0.25, 0.3) is 0 Å². The standard InChI is InChI=1S/C16H21N3S/c1-17-9-7-16-18-14-8-10-19(12-15(14)20-16)11-13-5-3-2-4-6-13/h2-6,17H,7-12H2,1H3. The Balaban J connectivity index is 1.64. The van der Waals surface area contributed by atoms with Crippen molar-refractivity contribution in [3.63, 3.8) is 0 Å². The topological polar surface area (TPSA) is 28.2 Å². The molecule has 2 heterocycles. The first-order chi connectivity index (χ1) is 9.85. The van der Waals surface area contributed by atoms with Crippen molar-refractivity contribution >= 4 is 11.3 Å². The number of aromatic nitrogens is 1. The lowest BCUT2D eigenvalue weighted by molar-refractivity contribution is 0.247. The Bertz CT molecular complexity index is 550. The summed E-state index contributed by atoms with van der Waals surface area (Å²) in [6.45, 7) is 4.24. The third-order valence-electron chi connectivity index (χ3n) is 3.69. The highest BCUT2D eigenvalue weighted by Gasteiger charge is 2.20. The van der Waals surface area contributed by atoms with E-state index >= 15 is 0 Å². The summed E-state index contributed by atoms with van der Waals surface area (Å²) in [5, 5.41) is 4.48. The van der Waals surface area contributed by atoms with Crippen molar-refractivity contribution in [2.24, 2.45) is 0 Å². The summed E-state index contributed by atoms with van der Waals surface area (Å²) in [6, 6.07) is 10.7. The number of benzene rings is 1. The molecule has 1 aromatic heterocycles. The van der Waals surface area contributed by atoms with Crippen molar-refractivity contribution in [1.29, 1.82) is 0 Å². The first-order valence-electron chi connectivity index (χ1n) is 7.23. The summed E-state index contributed by atoms with van der Waals surface area (Å²) in [7, 11) is 2.00. The third-order valence-corrected chi connectivity index (χ3v) is 4.83. The quantitative estimate of drug-likeness (QED) is 0.915. The van der Waals surface area contributed by atoms with E-state index in [9.17, 15) is 0 Å². The Morgan fingerprint density at radius 1 is 1.30 bits per heavy atom. The van der Waals surface area contributed by atoms with E-state index < -0.39 is 0 Å². The van der Waals surface area contributed by atoms with E-state index in [4.69, 9.17) is 4.98 Å². The number of hydrogen-bond acceptors (Lipinski definition) is 4. The molecule has 20 heavy (non-hydrogen) atoms. The van der Waals surface area contributed by atoms with Crippen LogP contribution in [0.3, 0.4) is 0 Å². The van der Waals surface area contributed by atoms with Crippen LogP contribution in [0.1, 0.15) is 21.1 Å². The molecule has 0 saturated heterocycles. The smallest absolute Gasteiger partial charge is 0.0944 e. The van der Waals surface area contributed by atoms with E-state index in [1.165, 1.54) is 21.1 Å². The lowest BCUT2D eigenvalue weighted by Gasteiger charge is -2.25. The molecular weight excluding hydrogens is 266 g/mol. The van der Waals surface area contributed by atoms with Crippen LogP contribution in [0.2, 0.25) is 0 Å². The highest BCUT2D eigenvalue weighted by Crippen LogP contribution is 2.26. The van der Waals surface area contributed by atoms with Crippen LogP contribution in [0, 0.1) is 0 Å². The molecule has 0 spiro atoms. The fraction of sp³-hybridized carbons (Fsp3) is 0.438. The molecule has 0 bridgehead atoms. The van der Waals surface area contributed by atoms with Crippen LogP contribution in [-0.2, 0) is 25.9 Å².